The number of benzene rings is 1. The molecule has 0 radical (unpaired) electrons. The minimum absolute atomic E-state index is 0.0498. The number of aryl methyl sites for hydroxylation is 1. The molecule has 0 spiro atoms. The molecule has 1 amide bonds. The molecule has 0 fully saturated rings. The van der Waals surface area contributed by atoms with Crippen LogP contribution >= 0.6 is 0 Å². The third kappa shape index (κ3) is 3.33. The SMILES string of the molecule is CCOCC(=O)NCC1(O)CCCc2ccccc21. The molecule has 19 heavy (non-hydrogen) atoms. The summed E-state index contributed by atoms with van der Waals surface area (Å²) in [7, 11) is 0. The quantitative estimate of drug-likeness (QED) is 0.843. The van der Waals surface area contributed by atoms with E-state index in [0.29, 0.717) is 13.0 Å². The van der Waals surface area contributed by atoms with Gasteiger partial charge in [0.25, 0.3) is 0 Å². The summed E-state index contributed by atoms with van der Waals surface area (Å²) in [5.74, 6) is -0.182. The number of ether oxygens (including phenoxy) is 1. The van der Waals surface area contributed by atoms with Gasteiger partial charge in [-0.05, 0) is 37.3 Å². The molecule has 0 saturated carbocycles. The van der Waals surface area contributed by atoms with Crippen molar-refractivity contribution in [3.63, 3.8) is 0 Å². The molecule has 1 unspecified atom stereocenters. The zero-order valence-corrected chi connectivity index (χ0v) is 11.3. The van der Waals surface area contributed by atoms with Crippen molar-refractivity contribution in [1.82, 2.24) is 5.32 Å². The van der Waals surface area contributed by atoms with Crippen LogP contribution in [0, 0.1) is 0 Å². The molecule has 0 aliphatic heterocycles. The summed E-state index contributed by atoms with van der Waals surface area (Å²) in [4.78, 5) is 11.6. The zero-order valence-electron chi connectivity index (χ0n) is 11.3. The Morgan fingerprint density at radius 2 is 2.26 bits per heavy atom. The lowest BCUT2D eigenvalue weighted by Gasteiger charge is -2.34. The highest BCUT2D eigenvalue weighted by Gasteiger charge is 2.34. The van der Waals surface area contributed by atoms with E-state index in [1.54, 1.807) is 0 Å². The number of carbonyl (C=O) groups is 1. The van der Waals surface area contributed by atoms with Gasteiger partial charge in [0.05, 0.1) is 6.54 Å². The molecule has 1 aliphatic rings. The van der Waals surface area contributed by atoms with Crippen LogP contribution < -0.4 is 5.32 Å². The highest BCUT2D eigenvalue weighted by molar-refractivity contribution is 5.77. The van der Waals surface area contributed by atoms with Crippen LogP contribution in [0.3, 0.4) is 0 Å². The lowest BCUT2D eigenvalue weighted by Crippen LogP contribution is -2.43. The van der Waals surface area contributed by atoms with Crippen molar-refractivity contribution < 1.29 is 14.6 Å². The fraction of sp³-hybridized carbons (Fsp3) is 0.533. The molecule has 1 atom stereocenters. The molecule has 0 heterocycles. The first-order chi connectivity index (χ1) is 9.15. The van der Waals surface area contributed by atoms with Gasteiger partial charge in [-0.15, -0.1) is 0 Å². The average Bonchev–Trinajstić information content (AvgIpc) is 2.44. The third-order valence-electron chi connectivity index (χ3n) is 3.57. The van der Waals surface area contributed by atoms with E-state index in [-0.39, 0.29) is 19.1 Å². The number of aliphatic hydroxyl groups is 1. The van der Waals surface area contributed by atoms with Gasteiger partial charge in [-0.3, -0.25) is 4.79 Å². The number of nitrogens with one attached hydrogen (secondary N) is 1. The van der Waals surface area contributed by atoms with Gasteiger partial charge in [0.2, 0.25) is 5.91 Å². The Morgan fingerprint density at radius 3 is 3.05 bits per heavy atom. The minimum atomic E-state index is -0.948. The number of hydrogen-bond donors (Lipinski definition) is 2. The molecule has 0 aromatic heterocycles. The first kappa shape index (κ1) is 14.0. The Morgan fingerprint density at radius 1 is 1.47 bits per heavy atom. The third-order valence-corrected chi connectivity index (χ3v) is 3.57. The zero-order chi connectivity index (χ0) is 13.7. The van der Waals surface area contributed by atoms with Gasteiger partial charge in [-0.25, -0.2) is 0 Å². The Balaban J connectivity index is 2.01. The molecular weight excluding hydrogens is 242 g/mol. The van der Waals surface area contributed by atoms with E-state index in [1.165, 1.54) is 5.56 Å². The first-order valence-corrected chi connectivity index (χ1v) is 6.81. The number of fused-ring (bicyclic) bond motifs is 1. The highest BCUT2D eigenvalue weighted by Crippen LogP contribution is 2.34. The maximum absolute atomic E-state index is 11.6. The van der Waals surface area contributed by atoms with E-state index in [0.717, 1.165) is 18.4 Å². The second kappa shape index (κ2) is 6.17. The first-order valence-electron chi connectivity index (χ1n) is 6.81. The van der Waals surface area contributed by atoms with Crippen molar-refractivity contribution in [2.24, 2.45) is 0 Å². The molecule has 0 saturated heterocycles. The lowest BCUT2D eigenvalue weighted by molar-refractivity contribution is -0.127. The van der Waals surface area contributed by atoms with Crippen LogP contribution in [0.2, 0.25) is 0 Å². The average molecular weight is 263 g/mol. The summed E-state index contributed by atoms with van der Waals surface area (Å²) in [5.41, 5.74) is 1.17. The molecule has 4 heteroatoms. The van der Waals surface area contributed by atoms with Gasteiger partial charge in [0.15, 0.2) is 0 Å². The summed E-state index contributed by atoms with van der Waals surface area (Å²) in [6, 6.07) is 7.90. The molecular formula is C15H21NO3. The maximum Gasteiger partial charge on any atom is 0.246 e. The van der Waals surface area contributed by atoms with Crippen LogP contribution in [0.4, 0.5) is 0 Å². The molecule has 2 rings (SSSR count). The molecule has 1 aromatic carbocycles. The highest BCUT2D eigenvalue weighted by atomic mass is 16.5. The number of amides is 1. The van der Waals surface area contributed by atoms with Gasteiger partial charge >= 0.3 is 0 Å². The standard InChI is InChI=1S/C15H21NO3/c1-2-19-10-14(17)16-11-15(18)9-5-7-12-6-3-4-8-13(12)15/h3-4,6,8,18H,2,5,7,9-11H2,1H3,(H,16,17). The van der Waals surface area contributed by atoms with Gasteiger partial charge < -0.3 is 15.2 Å². The summed E-state index contributed by atoms with van der Waals surface area (Å²) < 4.78 is 5.04. The lowest BCUT2D eigenvalue weighted by atomic mass is 9.79. The summed E-state index contributed by atoms with van der Waals surface area (Å²) in [6.45, 7) is 2.66. The molecule has 104 valence electrons. The number of hydrogen-bond acceptors (Lipinski definition) is 3. The van der Waals surface area contributed by atoms with Crippen molar-refractivity contribution in [1.29, 1.82) is 0 Å². The molecule has 2 N–H and O–H groups in total. The van der Waals surface area contributed by atoms with Crippen molar-refractivity contribution in [2.45, 2.75) is 31.8 Å². The minimum Gasteiger partial charge on any atom is -0.383 e. The van der Waals surface area contributed by atoms with Crippen molar-refractivity contribution in [2.75, 3.05) is 19.8 Å². The van der Waals surface area contributed by atoms with E-state index in [1.807, 2.05) is 31.2 Å². The molecule has 0 bridgehead atoms. The largest absolute Gasteiger partial charge is 0.383 e. The van der Waals surface area contributed by atoms with Crippen LogP contribution in [-0.4, -0.2) is 30.8 Å². The van der Waals surface area contributed by atoms with Crippen molar-refractivity contribution in [3.8, 4) is 0 Å². The fourth-order valence-corrected chi connectivity index (χ4v) is 2.57. The Hall–Kier alpha value is -1.39. The predicted octanol–water partition coefficient (Wildman–Crippen LogP) is 1.36. The van der Waals surface area contributed by atoms with Crippen LogP contribution in [-0.2, 0) is 21.6 Å². The summed E-state index contributed by atoms with van der Waals surface area (Å²) in [6.07, 6.45) is 2.61. The molecule has 1 aliphatic carbocycles. The van der Waals surface area contributed by atoms with Gasteiger partial charge in [-0.2, -0.15) is 0 Å². The van der Waals surface area contributed by atoms with E-state index >= 15 is 0 Å². The second-order valence-electron chi connectivity index (χ2n) is 4.96. The van der Waals surface area contributed by atoms with E-state index in [4.69, 9.17) is 4.74 Å². The van der Waals surface area contributed by atoms with E-state index in [2.05, 4.69) is 5.32 Å². The van der Waals surface area contributed by atoms with Gasteiger partial charge in [-0.1, -0.05) is 24.3 Å². The van der Waals surface area contributed by atoms with Crippen molar-refractivity contribution >= 4 is 5.91 Å². The van der Waals surface area contributed by atoms with Gasteiger partial charge in [0.1, 0.15) is 12.2 Å². The smallest absolute Gasteiger partial charge is 0.246 e. The van der Waals surface area contributed by atoms with Crippen LogP contribution in [0.15, 0.2) is 24.3 Å². The van der Waals surface area contributed by atoms with Crippen molar-refractivity contribution in [3.05, 3.63) is 35.4 Å². The summed E-state index contributed by atoms with van der Waals surface area (Å²) >= 11 is 0. The predicted molar refractivity (Wildman–Crippen MR) is 72.8 cm³/mol. The monoisotopic (exact) mass is 263 g/mol. The Bertz CT molecular complexity index is 447. The maximum atomic E-state index is 11.6. The van der Waals surface area contributed by atoms with Crippen LogP contribution in [0.5, 0.6) is 0 Å². The number of carbonyl (C=O) groups excluding carboxylic acids is 1. The van der Waals surface area contributed by atoms with E-state index < -0.39 is 5.60 Å². The molecule has 4 nitrogen and oxygen atoms in total. The Kier molecular flexibility index (Phi) is 4.56. The molecule has 1 aromatic rings. The van der Waals surface area contributed by atoms with Crippen LogP contribution in [0.25, 0.3) is 0 Å². The second-order valence-corrected chi connectivity index (χ2v) is 4.96. The van der Waals surface area contributed by atoms with Gasteiger partial charge in [0, 0.05) is 6.61 Å². The topological polar surface area (TPSA) is 58.6 Å². The fourth-order valence-electron chi connectivity index (χ4n) is 2.57. The Labute approximate surface area is 113 Å². The van der Waals surface area contributed by atoms with Crippen LogP contribution in [0.1, 0.15) is 30.9 Å². The van der Waals surface area contributed by atoms with E-state index in [9.17, 15) is 9.90 Å². The number of rotatable bonds is 5. The summed E-state index contributed by atoms with van der Waals surface area (Å²) in [5, 5.41) is 13.5. The normalized spacial score (nSPS) is 21.8.